The molecule has 3 rings (SSSR count). The molecule has 3 nitrogen and oxygen atoms in total. The Bertz CT molecular complexity index is 590. The van der Waals surface area contributed by atoms with Crippen LogP contribution in [0.1, 0.15) is 49.8 Å². The number of hydrogen-bond acceptors (Lipinski definition) is 2. The number of hydrogen-bond donors (Lipinski definition) is 1. The van der Waals surface area contributed by atoms with Gasteiger partial charge in [0.1, 0.15) is 0 Å². The molecule has 2 aliphatic rings. The summed E-state index contributed by atoms with van der Waals surface area (Å²) in [6.07, 6.45) is 4.62. The SMILES string of the molecule is CC1c2c(Cl)cc(Cl)cc2CCN1C(=O)C[C@@H]1CCC[C@H]1N. The van der Waals surface area contributed by atoms with Crippen LogP contribution in [-0.4, -0.2) is 23.4 Å². The molecule has 1 amide bonds. The molecule has 1 fully saturated rings. The Morgan fingerprint density at radius 2 is 2.14 bits per heavy atom. The summed E-state index contributed by atoms with van der Waals surface area (Å²) in [7, 11) is 0. The number of nitrogens with zero attached hydrogens (tertiary/aromatic N) is 1. The number of carbonyl (C=O) groups is 1. The zero-order chi connectivity index (χ0) is 15.9. The molecule has 120 valence electrons. The van der Waals surface area contributed by atoms with Gasteiger partial charge in [0.05, 0.1) is 6.04 Å². The lowest BCUT2D eigenvalue weighted by atomic mass is 9.92. The fraction of sp³-hybridized carbons (Fsp3) is 0.588. The van der Waals surface area contributed by atoms with Crippen molar-refractivity contribution in [3.8, 4) is 0 Å². The molecule has 1 aliphatic heterocycles. The van der Waals surface area contributed by atoms with Gasteiger partial charge in [0.25, 0.3) is 0 Å². The van der Waals surface area contributed by atoms with E-state index in [2.05, 4.69) is 0 Å². The molecule has 1 aliphatic carbocycles. The molecule has 3 atom stereocenters. The molecule has 22 heavy (non-hydrogen) atoms. The van der Waals surface area contributed by atoms with Crippen molar-refractivity contribution in [1.29, 1.82) is 0 Å². The predicted octanol–water partition coefficient (Wildman–Crippen LogP) is 3.96. The summed E-state index contributed by atoms with van der Waals surface area (Å²) in [5.74, 6) is 0.535. The van der Waals surface area contributed by atoms with Crippen molar-refractivity contribution in [2.75, 3.05) is 6.54 Å². The first-order valence-corrected chi connectivity index (χ1v) is 8.76. The molecule has 5 heteroatoms. The van der Waals surface area contributed by atoms with Crippen LogP contribution in [0.15, 0.2) is 12.1 Å². The standard InChI is InChI=1S/C17H22Cl2N2O/c1-10-17-12(7-13(18)9-14(17)19)5-6-21(10)16(22)8-11-3-2-4-15(11)20/h7,9-11,15H,2-6,8,20H2,1H3/t10?,11-,15+/m0/s1. The minimum Gasteiger partial charge on any atom is -0.336 e. The van der Waals surface area contributed by atoms with E-state index in [-0.39, 0.29) is 18.0 Å². The Morgan fingerprint density at radius 1 is 1.36 bits per heavy atom. The smallest absolute Gasteiger partial charge is 0.223 e. The molecule has 1 aromatic carbocycles. The molecule has 0 aromatic heterocycles. The van der Waals surface area contributed by atoms with Crippen molar-refractivity contribution < 1.29 is 4.79 Å². The van der Waals surface area contributed by atoms with Crippen LogP contribution in [0.4, 0.5) is 0 Å². The van der Waals surface area contributed by atoms with Crippen molar-refractivity contribution in [1.82, 2.24) is 4.90 Å². The topological polar surface area (TPSA) is 46.3 Å². The first kappa shape index (κ1) is 16.1. The molecule has 2 N–H and O–H groups in total. The maximum Gasteiger partial charge on any atom is 0.223 e. The zero-order valence-electron chi connectivity index (χ0n) is 12.8. The van der Waals surface area contributed by atoms with E-state index in [4.69, 9.17) is 28.9 Å². The van der Waals surface area contributed by atoms with Crippen LogP contribution in [-0.2, 0) is 11.2 Å². The summed E-state index contributed by atoms with van der Waals surface area (Å²) in [6, 6.07) is 3.91. The van der Waals surface area contributed by atoms with Gasteiger partial charge < -0.3 is 10.6 Å². The lowest BCUT2D eigenvalue weighted by Crippen LogP contribution is -2.41. The van der Waals surface area contributed by atoms with Gasteiger partial charge in [0, 0.05) is 29.1 Å². The first-order chi connectivity index (χ1) is 10.5. The maximum atomic E-state index is 12.7. The second kappa shape index (κ2) is 6.38. The molecule has 0 spiro atoms. The Balaban J connectivity index is 1.77. The Morgan fingerprint density at radius 3 is 2.82 bits per heavy atom. The summed E-state index contributed by atoms with van der Waals surface area (Å²) in [4.78, 5) is 14.7. The van der Waals surface area contributed by atoms with Crippen LogP contribution in [0, 0.1) is 5.92 Å². The van der Waals surface area contributed by atoms with Gasteiger partial charge in [0.2, 0.25) is 5.91 Å². The number of carbonyl (C=O) groups excluding carboxylic acids is 1. The highest BCUT2D eigenvalue weighted by Crippen LogP contribution is 2.38. The fourth-order valence-electron chi connectivity index (χ4n) is 3.90. The largest absolute Gasteiger partial charge is 0.336 e. The quantitative estimate of drug-likeness (QED) is 0.885. The highest BCUT2D eigenvalue weighted by atomic mass is 35.5. The third-order valence-electron chi connectivity index (χ3n) is 5.16. The summed E-state index contributed by atoms with van der Waals surface area (Å²) in [6.45, 7) is 2.77. The second-order valence-electron chi connectivity index (χ2n) is 6.53. The van der Waals surface area contributed by atoms with Crippen LogP contribution in [0.3, 0.4) is 0 Å². The average Bonchev–Trinajstić information content (AvgIpc) is 2.83. The highest BCUT2D eigenvalue weighted by molar-refractivity contribution is 6.35. The van der Waals surface area contributed by atoms with Gasteiger partial charge in [-0.25, -0.2) is 0 Å². The van der Waals surface area contributed by atoms with Crippen LogP contribution in [0.5, 0.6) is 0 Å². The number of amides is 1. The van der Waals surface area contributed by atoms with Gasteiger partial charge >= 0.3 is 0 Å². The van der Waals surface area contributed by atoms with E-state index in [9.17, 15) is 4.79 Å². The van der Waals surface area contributed by atoms with Gasteiger partial charge in [-0.15, -0.1) is 0 Å². The fourth-order valence-corrected chi connectivity index (χ4v) is 4.60. The summed E-state index contributed by atoms with van der Waals surface area (Å²) < 4.78 is 0. The van der Waals surface area contributed by atoms with Crippen molar-refractivity contribution in [3.05, 3.63) is 33.3 Å². The van der Waals surface area contributed by atoms with Crippen LogP contribution in [0.2, 0.25) is 10.0 Å². The van der Waals surface area contributed by atoms with Gasteiger partial charge in [-0.05, 0) is 55.4 Å². The van der Waals surface area contributed by atoms with Gasteiger partial charge in [-0.1, -0.05) is 29.6 Å². The van der Waals surface area contributed by atoms with E-state index < -0.39 is 0 Å². The van der Waals surface area contributed by atoms with Crippen molar-refractivity contribution in [2.45, 2.75) is 51.1 Å². The van der Waals surface area contributed by atoms with E-state index in [1.807, 2.05) is 17.9 Å². The number of benzene rings is 1. The normalized spacial score (nSPS) is 27.8. The lowest BCUT2D eigenvalue weighted by molar-refractivity contribution is -0.134. The van der Waals surface area contributed by atoms with E-state index in [0.717, 1.165) is 43.4 Å². The first-order valence-electron chi connectivity index (χ1n) is 8.00. The molecule has 1 unspecified atom stereocenters. The van der Waals surface area contributed by atoms with Crippen molar-refractivity contribution >= 4 is 29.1 Å². The molecule has 0 saturated heterocycles. The predicted molar refractivity (Wildman–Crippen MR) is 90.2 cm³/mol. The monoisotopic (exact) mass is 340 g/mol. The van der Waals surface area contributed by atoms with E-state index in [0.29, 0.717) is 22.4 Å². The Labute approximate surface area is 141 Å². The average molecular weight is 341 g/mol. The minimum atomic E-state index is -0.00126. The lowest BCUT2D eigenvalue weighted by Gasteiger charge is -2.37. The third-order valence-corrected chi connectivity index (χ3v) is 5.69. The molecule has 0 bridgehead atoms. The number of fused-ring (bicyclic) bond motifs is 1. The van der Waals surface area contributed by atoms with E-state index in [1.165, 1.54) is 0 Å². The Hall–Kier alpha value is -0.770. The molecule has 1 aromatic rings. The summed E-state index contributed by atoms with van der Waals surface area (Å²) in [5.41, 5.74) is 8.30. The number of nitrogens with two attached hydrogens (primary N) is 1. The zero-order valence-corrected chi connectivity index (χ0v) is 14.3. The van der Waals surface area contributed by atoms with E-state index >= 15 is 0 Å². The van der Waals surface area contributed by atoms with Crippen molar-refractivity contribution in [2.24, 2.45) is 11.7 Å². The van der Waals surface area contributed by atoms with Crippen molar-refractivity contribution in [3.63, 3.8) is 0 Å². The molecule has 1 saturated carbocycles. The maximum absolute atomic E-state index is 12.7. The highest BCUT2D eigenvalue weighted by Gasteiger charge is 2.33. The van der Waals surface area contributed by atoms with E-state index in [1.54, 1.807) is 6.07 Å². The van der Waals surface area contributed by atoms with Gasteiger partial charge in [-0.2, -0.15) is 0 Å². The van der Waals surface area contributed by atoms with Gasteiger partial charge in [-0.3, -0.25) is 4.79 Å². The molecular weight excluding hydrogens is 319 g/mol. The summed E-state index contributed by atoms with van der Waals surface area (Å²) in [5, 5.41) is 1.32. The van der Waals surface area contributed by atoms with Crippen LogP contribution < -0.4 is 5.73 Å². The number of rotatable bonds is 2. The van der Waals surface area contributed by atoms with Gasteiger partial charge in [0.15, 0.2) is 0 Å². The Kier molecular flexibility index (Phi) is 4.67. The third kappa shape index (κ3) is 2.99. The van der Waals surface area contributed by atoms with Crippen LogP contribution >= 0.6 is 23.2 Å². The minimum absolute atomic E-state index is 0.00126. The van der Waals surface area contributed by atoms with Crippen LogP contribution in [0.25, 0.3) is 0 Å². The molecule has 0 radical (unpaired) electrons. The molecule has 1 heterocycles. The number of halogens is 2. The molecular formula is C17H22Cl2N2O. The second-order valence-corrected chi connectivity index (χ2v) is 7.38. The summed E-state index contributed by atoms with van der Waals surface area (Å²) >= 11 is 12.4.